The lowest BCUT2D eigenvalue weighted by atomic mass is 10.00. The minimum atomic E-state index is 0.589. The fourth-order valence-electron chi connectivity index (χ4n) is 2.59. The van der Waals surface area contributed by atoms with Crippen molar-refractivity contribution in [2.45, 2.75) is 31.3 Å². The molecule has 0 N–H and O–H groups in total. The van der Waals surface area contributed by atoms with Crippen LogP contribution in [-0.2, 0) is 0 Å². The van der Waals surface area contributed by atoms with E-state index >= 15 is 0 Å². The van der Waals surface area contributed by atoms with Gasteiger partial charge in [0.25, 0.3) is 0 Å². The Labute approximate surface area is 102 Å². The fraction of sp³-hybridized carbons (Fsp3) is 0.600. The third-order valence-corrected chi connectivity index (χ3v) is 4.20. The van der Waals surface area contributed by atoms with Gasteiger partial charge in [-0.25, -0.2) is 4.63 Å². The molecule has 80 valence electrons. The van der Waals surface area contributed by atoms with Gasteiger partial charge in [0, 0.05) is 12.1 Å². The molecule has 0 saturated carbocycles. The van der Waals surface area contributed by atoms with Crippen molar-refractivity contribution in [3.8, 4) is 0 Å². The van der Waals surface area contributed by atoms with Crippen molar-refractivity contribution in [2.75, 3.05) is 7.05 Å². The van der Waals surface area contributed by atoms with Crippen LogP contribution in [0.3, 0.4) is 0 Å². The molecule has 2 bridgehead atoms. The van der Waals surface area contributed by atoms with Crippen molar-refractivity contribution in [1.29, 1.82) is 0 Å². The van der Waals surface area contributed by atoms with Crippen LogP contribution in [0.15, 0.2) is 10.7 Å². The van der Waals surface area contributed by atoms with Crippen LogP contribution in [-0.4, -0.2) is 34.3 Å². The number of hydrogen-bond donors (Lipinski definition) is 0. The van der Waals surface area contributed by atoms with Crippen LogP contribution in [0.1, 0.15) is 25.0 Å². The van der Waals surface area contributed by atoms with Gasteiger partial charge in [-0.2, -0.15) is 0 Å². The molecule has 15 heavy (non-hydrogen) atoms. The Balaban J connectivity index is 1.97. The third-order valence-electron chi connectivity index (χ3n) is 3.50. The first kappa shape index (κ1) is 9.77. The summed E-state index contributed by atoms with van der Waals surface area (Å²) in [6.07, 6.45) is 5.97. The smallest absolute Gasteiger partial charge is 0.173 e. The van der Waals surface area contributed by atoms with E-state index in [0.29, 0.717) is 12.1 Å². The lowest BCUT2D eigenvalue weighted by molar-refractivity contribution is 0.263. The zero-order valence-corrected chi connectivity index (χ0v) is 10.6. The molecule has 1 fully saturated rings. The molecule has 0 radical (unpaired) electrons. The van der Waals surface area contributed by atoms with E-state index in [4.69, 9.17) is 4.63 Å². The minimum Gasteiger partial charge on any atom is -0.297 e. The lowest BCUT2D eigenvalue weighted by Gasteiger charge is -2.29. The molecule has 1 aromatic heterocycles. The van der Waals surface area contributed by atoms with E-state index in [1.54, 1.807) is 0 Å². The molecule has 0 aliphatic carbocycles. The first-order valence-corrected chi connectivity index (χ1v) is 6.24. The van der Waals surface area contributed by atoms with E-state index in [1.807, 2.05) is 0 Å². The van der Waals surface area contributed by atoms with Crippen LogP contribution in [0.5, 0.6) is 0 Å². The van der Waals surface area contributed by atoms with Crippen molar-refractivity contribution in [3.05, 3.63) is 15.5 Å². The average Bonchev–Trinajstić information content (AvgIpc) is 2.70. The predicted molar refractivity (Wildman–Crippen MR) is 64.2 cm³/mol. The predicted octanol–water partition coefficient (Wildman–Crippen LogP) is 1.92. The molecule has 0 amide bonds. The van der Waals surface area contributed by atoms with Gasteiger partial charge >= 0.3 is 0 Å². The second-order valence-corrected chi connectivity index (χ2v) is 5.29. The average molecular weight is 317 g/mol. The number of likely N-dealkylation sites (N-methyl/N-ethyl adjacent to an activating group) is 1. The summed E-state index contributed by atoms with van der Waals surface area (Å²) in [6.45, 7) is 0. The van der Waals surface area contributed by atoms with Crippen molar-refractivity contribution in [2.24, 2.45) is 0 Å². The molecule has 1 saturated heterocycles. The molecule has 4 nitrogen and oxygen atoms in total. The Bertz CT molecular complexity index is 415. The van der Waals surface area contributed by atoms with Crippen LogP contribution in [0.2, 0.25) is 0 Å². The molecule has 3 heterocycles. The van der Waals surface area contributed by atoms with Crippen LogP contribution in [0, 0.1) is 3.70 Å². The molecule has 2 atom stereocenters. The van der Waals surface area contributed by atoms with E-state index in [2.05, 4.69) is 50.9 Å². The minimum absolute atomic E-state index is 0.589. The monoisotopic (exact) mass is 317 g/mol. The molecule has 3 rings (SSSR count). The number of halogens is 1. The summed E-state index contributed by atoms with van der Waals surface area (Å²) in [5, 5.41) is 7.81. The van der Waals surface area contributed by atoms with Crippen molar-refractivity contribution < 1.29 is 4.63 Å². The zero-order valence-electron chi connectivity index (χ0n) is 8.48. The summed E-state index contributed by atoms with van der Waals surface area (Å²) >= 11 is 2.18. The molecule has 1 aromatic rings. The van der Waals surface area contributed by atoms with Crippen LogP contribution in [0.25, 0.3) is 5.57 Å². The van der Waals surface area contributed by atoms with Crippen LogP contribution < -0.4 is 0 Å². The molecule has 2 aliphatic heterocycles. The first-order chi connectivity index (χ1) is 7.25. The molecule has 0 spiro atoms. The molecule has 2 unspecified atom stereocenters. The van der Waals surface area contributed by atoms with Crippen LogP contribution >= 0.6 is 22.6 Å². The Morgan fingerprint density at radius 2 is 2.33 bits per heavy atom. The van der Waals surface area contributed by atoms with Gasteiger partial charge in [-0.05, 0) is 64.8 Å². The van der Waals surface area contributed by atoms with Gasteiger partial charge in [0.15, 0.2) is 3.70 Å². The van der Waals surface area contributed by atoms with Crippen molar-refractivity contribution in [3.63, 3.8) is 0 Å². The van der Waals surface area contributed by atoms with Crippen molar-refractivity contribution >= 4 is 28.2 Å². The molecule has 2 aliphatic rings. The number of hydrogen-bond acceptors (Lipinski definition) is 4. The highest BCUT2D eigenvalue weighted by Crippen LogP contribution is 2.37. The van der Waals surface area contributed by atoms with E-state index < -0.39 is 0 Å². The van der Waals surface area contributed by atoms with Gasteiger partial charge in [0.1, 0.15) is 5.69 Å². The SMILES string of the molecule is CN1C2C=C(c3nonc3I)CC1CC2. The maximum absolute atomic E-state index is 4.75. The highest BCUT2D eigenvalue weighted by atomic mass is 127. The topological polar surface area (TPSA) is 42.2 Å². The summed E-state index contributed by atoms with van der Waals surface area (Å²) in [5.41, 5.74) is 2.26. The Kier molecular flexibility index (Phi) is 2.31. The quantitative estimate of drug-likeness (QED) is 0.742. The van der Waals surface area contributed by atoms with Crippen molar-refractivity contribution in [1.82, 2.24) is 15.2 Å². The van der Waals surface area contributed by atoms with Gasteiger partial charge in [-0.15, -0.1) is 0 Å². The number of fused-ring (bicyclic) bond motifs is 2. The lowest BCUT2D eigenvalue weighted by Crippen LogP contribution is -2.34. The first-order valence-electron chi connectivity index (χ1n) is 5.17. The molecular formula is C10H12IN3O. The highest BCUT2D eigenvalue weighted by Gasteiger charge is 2.35. The van der Waals surface area contributed by atoms with E-state index in [0.717, 1.165) is 15.8 Å². The Morgan fingerprint density at radius 3 is 3.00 bits per heavy atom. The number of aromatic nitrogens is 2. The second-order valence-electron chi connectivity index (χ2n) is 4.26. The summed E-state index contributed by atoms with van der Waals surface area (Å²) in [5.74, 6) is 0. The standard InChI is InChI=1S/C10H12IN3O/c1-14-7-2-3-8(14)5-6(4-7)9-10(11)13-15-12-9/h4,7-8H,2-3,5H2,1H3. The molecule has 0 aromatic carbocycles. The van der Waals surface area contributed by atoms with Gasteiger partial charge in [0.05, 0.1) is 0 Å². The number of rotatable bonds is 1. The van der Waals surface area contributed by atoms with Gasteiger partial charge < -0.3 is 0 Å². The summed E-state index contributed by atoms with van der Waals surface area (Å²) < 4.78 is 5.63. The molecule has 5 heteroatoms. The van der Waals surface area contributed by atoms with E-state index in [9.17, 15) is 0 Å². The molecular weight excluding hydrogens is 305 g/mol. The largest absolute Gasteiger partial charge is 0.297 e. The highest BCUT2D eigenvalue weighted by molar-refractivity contribution is 14.1. The van der Waals surface area contributed by atoms with Gasteiger partial charge in [-0.1, -0.05) is 6.08 Å². The number of nitrogens with zero attached hydrogens (tertiary/aromatic N) is 3. The normalized spacial score (nSPS) is 30.7. The Hall–Kier alpha value is -0.430. The second kappa shape index (κ2) is 3.55. The maximum Gasteiger partial charge on any atom is 0.173 e. The van der Waals surface area contributed by atoms with E-state index in [-0.39, 0.29) is 0 Å². The third kappa shape index (κ3) is 1.52. The summed E-state index contributed by atoms with van der Waals surface area (Å²) in [4.78, 5) is 2.46. The van der Waals surface area contributed by atoms with E-state index in [1.165, 1.54) is 18.4 Å². The fourth-order valence-corrected chi connectivity index (χ4v) is 3.12. The maximum atomic E-state index is 4.75. The summed E-state index contributed by atoms with van der Waals surface area (Å²) in [7, 11) is 2.21. The zero-order chi connectivity index (χ0) is 10.4. The van der Waals surface area contributed by atoms with Gasteiger partial charge in [-0.3, -0.25) is 4.90 Å². The summed E-state index contributed by atoms with van der Waals surface area (Å²) in [6, 6.07) is 1.27. The van der Waals surface area contributed by atoms with Crippen LogP contribution in [0.4, 0.5) is 0 Å². The Morgan fingerprint density at radius 1 is 1.47 bits per heavy atom. The van der Waals surface area contributed by atoms with Gasteiger partial charge in [0.2, 0.25) is 0 Å².